The number of urea groups is 1. The Morgan fingerprint density at radius 3 is 2.47 bits per heavy atom. The summed E-state index contributed by atoms with van der Waals surface area (Å²) in [7, 11) is 0. The molecule has 1 rings (SSSR count). The third kappa shape index (κ3) is 5.15. The van der Waals surface area contributed by atoms with E-state index in [1.165, 1.54) is 24.3 Å². The summed E-state index contributed by atoms with van der Waals surface area (Å²) in [5.41, 5.74) is 5.26. The van der Waals surface area contributed by atoms with Crippen molar-refractivity contribution in [1.29, 1.82) is 0 Å². The molecule has 0 aliphatic heterocycles. The molecule has 2 N–H and O–H groups in total. The number of hydrogen-bond acceptors (Lipinski definition) is 4. The monoisotopic (exact) mass is 286 g/mol. The maximum absolute atomic E-state index is 11.7. The van der Waals surface area contributed by atoms with Gasteiger partial charge >= 0.3 is 12.0 Å². The molecule has 0 aliphatic carbocycles. The summed E-state index contributed by atoms with van der Waals surface area (Å²) in [6, 6.07) is 5.00. The molecule has 2 amide bonds. The van der Waals surface area contributed by atoms with Gasteiger partial charge in [-0.2, -0.15) is 0 Å². The van der Waals surface area contributed by atoms with Crippen LogP contribution in [0.3, 0.4) is 0 Å². The molecule has 1 aromatic carbocycles. The summed E-state index contributed by atoms with van der Waals surface area (Å²) in [5.74, 6) is -0.757. The van der Waals surface area contributed by atoms with Crippen LogP contribution in [0, 0.1) is 0 Å². The van der Waals surface area contributed by atoms with Crippen LogP contribution in [0.15, 0.2) is 24.3 Å². The number of primary amides is 1. The number of hydroxylamine groups is 2. The standard InChI is InChI=1S/C12H15ClN2O4/c1-2-3-8-18-15(12(14)17)19-11(16)9-4-6-10(13)7-5-9/h4-7H,2-3,8H2,1H3,(H2,14,17). The summed E-state index contributed by atoms with van der Waals surface area (Å²) in [6.45, 7) is 2.19. The summed E-state index contributed by atoms with van der Waals surface area (Å²) >= 11 is 5.70. The third-order valence-electron chi connectivity index (χ3n) is 2.13. The first-order chi connectivity index (χ1) is 9.04. The summed E-state index contributed by atoms with van der Waals surface area (Å²) in [4.78, 5) is 32.4. The van der Waals surface area contributed by atoms with Gasteiger partial charge in [-0.3, -0.25) is 0 Å². The average molecular weight is 287 g/mol. The zero-order valence-corrected chi connectivity index (χ0v) is 11.2. The quantitative estimate of drug-likeness (QED) is 0.666. The first-order valence-corrected chi connectivity index (χ1v) is 6.12. The van der Waals surface area contributed by atoms with Gasteiger partial charge in [-0.05, 0) is 35.9 Å². The number of amides is 2. The average Bonchev–Trinajstić information content (AvgIpc) is 2.38. The fraction of sp³-hybridized carbons (Fsp3) is 0.333. The van der Waals surface area contributed by atoms with Crippen molar-refractivity contribution in [3.63, 3.8) is 0 Å². The normalized spacial score (nSPS) is 10.0. The van der Waals surface area contributed by atoms with E-state index in [4.69, 9.17) is 27.0 Å². The van der Waals surface area contributed by atoms with Crippen LogP contribution in [0.25, 0.3) is 0 Å². The lowest BCUT2D eigenvalue weighted by Crippen LogP contribution is -2.38. The van der Waals surface area contributed by atoms with Gasteiger partial charge < -0.3 is 10.6 Å². The largest absolute Gasteiger partial charge is 0.374 e. The minimum absolute atomic E-state index is 0.230. The molecule has 0 saturated carbocycles. The van der Waals surface area contributed by atoms with E-state index in [1.807, 2.05) is 6.92 Å². The number of nitrogens with zero attached hydrogens (tertiary/aromatic N) is 1. The molecule has 0 unspecified atom stereocenters. The van der Waals surface area contributed by atoms with Crippen molar-refractivity contribution in [3.05, 3.63) is 34.9 Å². The van der Waals surface area contributed by atoms with Crippen LogP contribution >= 0.6 is 11.6 Å². The molecule has 0 aromatic heterocycles. The maximum atomic E-state index is 11.7. The fourth-order valence-corrected chi connectivity index (χ4v) is 1.27. The number of unbranched alkanes of at least 4 members (excludes halogenated alkanes) is 1. The third-order valence-corrected chi connectivity index (χ3v) is 2.38. The van der Waals surface area contributed by atoms with Gasteiger partial charge in [0.2, 0.25) is 0 Å². The van der Waals surface area contributed by atoms with E-state index in [0.717, 1.165) is 6.42 Å². The second-order valence-corrected chi connectivity index (χ2v) is 4.10. The van der Waals surface area contributed by atoms with Crippen LogP contribution in [0.5, 0.6) is 0 Å². The Morgan fingerprint density at radius 1 is 1.32 bits per heavy atom. The van der Waals surface area contributed by atoms with Gasteiger partial charge in [0.05, 0.1) is 12.2 Å². The van der Waals surface area contributed by atoms with Crippen molar-refractivity contribution in [2.24, 2.45) is 5.73 Å². The maximum Gasteiger partial charge on any atom is 0.374 e. The molecule has 0 bridgehead atoms. The summed E-state index contributed by atoms with van der Waals surface area (Å²) < 4.78 is 0. The molecule has 0 heterocycles. The van der Waals surface area contributed by atoms with Gasteiger partial charge in [0.15, 0.2) is 0 Å². The molecule has 0 aliphatic rings. The Hall–Kier alpha value is -1.79. The zero-order chi connectivity index (χ0) is 14.3. The second-order valence-electron chi connectivity index (χ2n) is 3.67. The van der Waals surface area contributed by atoms with E-state index in [-0.39, 0.29) is 12.2 Å². The van der Waals surface area contributed by atoms with Crippen molar-refractivity contribution >= 4 is 23.6 Å². The first-order valence-electron chi connectivity index (χ1n) is 5.75. The van der Waals surface area contributed by atoms with Crippen LogP contribution in [-0.4, -0.2) is 23.8 Å². The molecule has 0 spiro atoms. The van der Waals surface area contributed by atoms with Crippen LogP contribution in [0.1, 0.15) is 30.1 Å². The van der Waals surface area contributed by atoms with Gasteiger partial charge in [-0.15, -0.1) is 0 Å². The number of benzene rings is 1. The van der Waals surface area contributed by atoms with E-state index >= 15 is 0 Å². The number of halogens is 1. The van der Waals surface area contributed by atoms with E-state index in [2.05, 4.69) is 0 Å². The van der Waals surface area contributed by atoms with E-state index in [9.17, 15) is 9.59 Å². The lowest BCUT2D eigenvalue weighted by molar-refractivity contribution is -0.291. The Kier molecular flexibility index (Phi) is 6.11. The van der Waals surface area contributed by atoms with Crippen molar-refractivity contribution < 1.29 is 19.3 Å². The molecule has 0 atom stereocenters. The molecule has 0 saturated heterocycles. The first kappa shape index (κ1) is 15.3. The molecular weight excluding hydrogens is 272 g/mol. The minimum atomic E-state index is -1.00. The number of rotatable bonds is 5. The fourth-order valence-electron chi connectivity index (χ4n) is 1.14. The zero-order valence-electron chi connectivity index (χ0n) is 10.5. The molecule has 0 fully saturated rings. The van der Waals surface area contributed by atoms with Gasteiger partial charge in [-0.1, -0.05) is 24.9 Å². The van der Waals surface area contributed by atoms with Crippen molar-refractivity contribution in [2.75, 3.05) is 6.61 Å². The van der Waals surface area contributed by atoms with Gasteiger partial charge in [0.1, 0.15) is 0 Å². The number of carbonyl (C=O) groups is 2. The SMILES string of the molecule is CCCCON(OC(=O)c1ccc(Cl)cc1)C(N)=O. The van der Waals surface area contributed by atoms with Gasteiger partial charge in [-0.25, -0.2) is 14.4 Å². The molecule has 0 radical (unpaired) electrons. The summed E-state index contributed by atoms with van der Waals surface area (Å²) in [5, 5.41) is 0.870. The minimum Gasteiger partial charge on any atom is -0.347 e. The van der Waals surface area contributed by atoms with Crippen LogP contribution < -0.4 is 5.73 Å². The molecule has 7 heteroatoms. The lowest BCUT2D eigenvalue weighted by atomic mass is 10.2. The highest BCUT2D eigenvalue weighted by Gasteiger charge is 2.18. The molecule has 6 nitrogen and oxygen atoms in total. The van der Waals surface area contributed by atoms with Crippen molar-refractivity contribution in [1.82, 2.24) is 5.23 Å². The highest BCUT2D eigenvalue weighted by molar-refractivity contribution is 6.30. The Balaban J connectivity index is 2.60. The number of nitrogens with two attached hydrogens (primary N) is 1. The van der Waals surface area contributed by atoms with Crippen LogP contribution in [0.2, 0.25) is 5.02 Å². The predicted molar refractivity (Wildman–Crippen MR) is 69.1 cm³/mol. The van der Waals surface area contributed by atoms with Crippen molar-refractivity contribution in [3.8, 4) is 0 Å². The highest BCUT2D eigenvalue weighted by Crippen LogP contribution is 2.11. The Labute approximate surface area is 115 Å². The van der Waals surface area contributed by atoms with Crippen LogP contribution in [-0.2, 0) is 9.68 Å². The predicted octanol–water partition coefficient (Wildman–Crippen LogP) is 2.52. The molecule has 19 heavy (non-hydrogen) atoms. The Morgan fingerprint density at radius 2 is 1.95 bits per heavy atom. The lowest BCUT2D eigenvalue weighted by Gasteiger charge is -2.17. The Bertz CT molecular complexity index is 436. The van der Waals surface area contributed by atoms with E-state index in [1.54, 1.807) is 0 Å². The molecular formula is C12H15ClN2O4. The number of carbonyl (C=O) groups excluding carboxylic acids is 2. The van der Waals surface area contributed by atoms with Gasteiger partial charge in [0.25, 0.3) is 0 Å². The van der Waals surface area contributed by atoms with E-state index in [0.29, 0.717) is 16.7 Å². The molecule has 1 aromatic rings. The summed E-state index contributed by atoms with van der Waals surface area (Å²) in [6.07, 6.45) is 1.58. The smallest absolute Gasteiger partial charge is 0.347 e. The second kappa shape index (κ2) is 7.60. The van der Waals surface area contributed by atoms with E-state index < -0.39 is 12.0 Å². The molecule has 104 valence electrons. The van der Waals surface area contributed by atoms with Crippen LogP contribution in [0.4, 0.5) is 4.79 Å². The topological polar surface area (TPSA) is 81.9 Å². The number of hydrogen-bond donors (Lipinski definition) is 1. The van der Waals surface area contributed by atoms with Crippen molar-refractivity contribution in [2.45, 2.75) is 19.8 Å². The highest BCUT2D eigenvalue weighted by atomic mass is 35.5. The van der Waals surface area contributed by atoms with Gasteiger partial charge in [0, 0.05) is 5.02 Å².